The summed E-state index contributed by atoms with van der Waals surface area (Å²) in [5, 5.41) is 6.44. The molecule has 1 aliphatic heterocycles. The molecule has 0 fully saturated rings. The zero-order chi connectivity index (χ0) is 13.0. The number of amides is 1. The fourth-order valence-electron chi connectivity index (χ4n) is 1.86. The summed E-state index contributed by atoms with van der Waals surface area (Å²) < 4.78 is 5.31. The molecular formula is C12H16ClN3O2. The molecular weight excluding hydrogens is 254 g/mol. The molecule has 2 N–H and O–H groups in total. The van der Waals surface area contributed by atoms with Crippen LogP contribution in [0.5, 0.6) is 0 Å². The number of hydrogen-bond donors (Lipinski definition) is 2. The average Bonchev–Trinajstić information content (AvgIpc) is 2.47. The van der Waals surface area contributed by atoms with Gasteiger partial charge in [0.15, 0.2) is 5.82 Å². The van der Waals surface area contributed by atoms with Crippen LogP contribution < -0.4 is 10.6 Å². The number of carbonyl (C=O) groups is 1. The first-order chi connectivity index (χ1) is 8.69. The summed E-state index contributed by atoms with van der Waals surface area (Å²) in [5.74, 6) is 0.599. The zero-order valence-electron chi connectivity index (χ0n) is 10.2. The molecule has 1 aliphatic rings. The lowest BCUT2D eigenvalue weighted by atomic mass is 10.1. The first kappa shape index (κ1) is 13.1. The van der Waals surface area contributed by atoms with E-state index >= 15 is 0 Å². The van der Waals surface area contributed by atoms with E-state index in [1.165, 1.54) is 0 Å². The van der Waals surface area contributed by atoms with Gasteiger partial charge in [-0.15, -0.1) is 0 Å². The van der Waals surface area contributed by atoms with Crippen molar-refractivity contribution in [2.45, 2.75) is 25.8 Å². The molecule has 0 saturated carbocycles. The molecule has 6 heteroatoms. The lowest BCUT2D eigenvalue weighted by Gasteiger charge is -2.15. The molecule has 1 unspecified atom stereocenters. The fourth-order valence-corrected chi connectivity index (χ4v) is 2.01. The van der Waals surface area contributed by atoms with Crippen molar-refractivity contribution in [3.8, 4) is 0 Å². The van der Waals surface area contributed by atoms with E-state index in [1.807, 2.05) is 6.92 Å². The van der Waals surface area contributed by atoms with Gasteiger partial charge in [-0.1, -0.05) is 11.6 Å². The Bertz CT molecular complexity index is 439. The van der Waals surface area contributed by atoms with Gasteiger partial charge in [-0.25, -0.2) is 4.98 Å². The third-order valence-electron chi connectivity index (χ3n) is 2.72. The Morgan fingerprint density at radius 3 is 3.17 bits per heavy atom. The molecule has 2 heterocycles. The van der Waals surface area contributed by atoms with Crippen molar-refractivity contribution in [3.63, 3.8) is 0 Å². The maximum absolute atomic E-state index is 11.7. The molecule has 0 spiro atoms. The summed E-state index contributed by atoms with van der Waals surface area (Å²) >= 11 is 5.85. The van der Waals surface area contributed by atoms with E-state index < -0.39 is 0 Å². The highest BCUT2D eigenvalue weighted by Gasteiger charge is 2.21. The van der Waals surface area contributed by atoms with Gasteiger partial charge in [0, 0.05) is 25.7 Å². The van der Waals surface area contributed by atoms with E-state index in [0.29, 0.717) is 36.3 Å². The van der Waals surface area contributed by atoms with Crippen LogP contribution in [0.25, 0.3) is 0 Å². The first-order valence-corrected chi connectivity index (χ1v) is 6.37. The third kappa shape index (κ3) is 3.34. The first-order valence-electron chi connectivity index (χ1n) is 5.99. The highest BCUT2D eigenvalue weighted by atomic mass is 35.5. The molecule has 0 bridgehead atoms. The number of hydrogen-bond acceptors (Lipinski definition) is 4. The second-order valence-corrected chi connectivity index (χ2v) is 4.50. The van der Waals surface area contributed by atoms with Crippen LogP contribution in [0.1, 0.15) is 19.8 Å². The van der Waals surface area contributed by atoms with Gasteiger partial charge in [0.1, 0.15) is 5.15 Å². The Labute approximate surface area is 111 Å². The van der Waals surface area contributed by atoms with Gasteiger partial charge in [0.25, 0.3) is 0 Å². The molecule has 0 radical (unpaired) electrons. The van der Waals surface area contributed by atoms with Gasteiger partial charge in [-0.05, 0) is 25.5 Å². The third-order valence-corrected chi connectivity index (χ3v) is 2.93. The largest absolute Gasteiger partial charge is 0.382 e. The van der Waals surface area contributed by atoms with E-state index in [-0.39, 0.29) is 11.9 Å². The number of anilines is 2. The molecule has 0 saturated heterocycles. The molecule has 1 aromatic rings. The fraction of sp³-hybridized carbons (Fsp3) is 0.500. The Morgan fingerprint density at radius 1 is 1.56 bits per heavy atom. The van der Waals surface area contributed by atoms with Gasteiger partial charge >= 0.3 is 0 Å². The van der Waals surface area contributed by atoms with Crippen molar-refractivity contribution < 1.29 is 9.53 Å². The van der Waals surface area contributed by atoms with Crippen LogP contribution in [0, 0.1) is 0 Å². The lowest BCUT2D eigenvalue weighted by molar-refractivity contribution is -0.116. The van der Waals surface area contributed by atoms with Crippen molar-refractivity contribution in [1.29, 1.82) is 0 Å². The predicted molar refractivity (Wildman–Crippen MR) is 71.0 cm³/mol. The monoisotopic (exact) mass is 269 g/mol. The topological polar surface area (TPSA) is 63.2 Å². The number of pyridine rings is 1. The number of nitrogens with one attached hydrogen (secondary N) is 2. The van der Waals surface area contributed by atoms with Crippen LogP contribution in [0.3, 0.4) is 0 Å². The quantitative estimate of drug-likeness (QED) is 0.650. The zero-order valence-corrected chi connectivity index (χ0v) is 11.0. The van der Waals surface area contributed by atoms with Crippen LogP contribution in [0.4, 0.5) is 11.5 Å². The van der Waals surface area contributed by atoms with E-state index in [0.717, 1.165) is 6.42 Å². The lowest BCUT2D eigenvalue weighted by Crippen LogP contribution is -2.24. The Morgan fingerprint density at radius 2 is 2.39 bits per heavy atom. The van der Waals surface area contributed by atoms with Gasteiger partial charge in [-0.2, -0.15) is 0 Å². The van der Waals surface area contributed by atoms with Crippen molar-refractivity contribution in [2.24, 2.45) is 0 Å². The molecule has 1 atom stereocenters. The highest BCUT2D eigenvalue weighted by molar-refractivity contribution is 6.29. The SMILES string of the molecule is CCOCCC1CC(=O)Nc2ccc(Cl)nc2N1. The summed E-state index contributed by atoms with van der Waals surface area (Å²) in [6.45, 7) is 3.25. The molecule has 18 heavy (non-hydrogen) atoms. The summed E-state index contributed by atoms with van der Waals surface area (Å²) in [7, 11) is 0. The number of rotatable bonds is 4. The number of halogens is 1. The normalized spacial score (nSPS) is 18.6. The molecule has 98 valence electrons. The second-order valence-electron chi connectivity index (χ2n) is 4.11. The van der Waals surface area contributed by atoms with E-state index in [9.17, 15) is 4.79 Å². The maximum Gasteiger partial charge on any atom is 0.226 e. The number of aromatic nitrogens is 1. The van der Waals surface area contributed by atoms with E-state index in [4.69, 9.17) is 16.3 Å². The minimum absolute atomic E-state index is 0.0174. The van der Waals surface area contributed by atoms with Crippen LogP contribution in [-0.4, -0.2) is 30.1 Å². The Hall–Kier alpha value is -1.33. The van der Waals surface area contributed by atoms with Crippen LogP contribution in [0.2, 0.25) is 5.15 Å². The number of ether oxygens (including phenoxy) is 1. The minimum Gasteiger partial charge on any atom is -0.382 e. The van der Waals surface area contributed by atoms with Crippen molar-refractivity contribution >= 4 is 29.0 Å². The van der Waals surface area contributed by atoms with Gasteiger partial charge < -0.3 is 15.4 Å². The average molecular weight is 270 g/mol. The molecule has 0 aliphatic carbocycles. The molecule has 2 rings (SSSR count). The van der Waals surface area contributed by atoms with Gasteiger partial charge in [-0.3, -0.25) is 4.79 Å². The predicted octanol–water partition coefficient (Wildman–Crippen LogP) is 2.28. The molecule has 5 nitrogen and oxygen atoms in total. The van der Waals surface area contributed by atoms with E-state index in [1.54, 1.807) is 12.1 Å². The van der Waals surface area contributed by atoms with Crippen molar-refractivity contribution in [1.82, 2.24) is 4.98 Å². The Kier molecular flexibility index (Phi) is 4.38. The van der Waals surface area contributed by atoms with Crippen molar-refractivity contribution in [3.05, 3.63) is 17.3 Å². The summed E-state index contributed by atoms with van der Waals surface area (Å²) in [6.07, 6.45) is 1.16. The standard InChI is InChI=1S/C12H16ClN3O2/c1-2-18-6-5-8-7-11(17)15-9-3-4-10(13)16-12(9)14-8/h3-4,8H,2,5-7H2,1H3,(H,14,16)(H,15,17). The smallest absolute Gasteiger partial charge is 0.226 e. The molecule has 1 aromatic heterocycles. The summed E-state index contributed by atoms with van der Waals surface area (Å²) in [5.41, 5.74) is 0.670. The Balaban J connectivity index is 2.10. The highest BCUT2D eigenvalue weighted by Crippen LogP contribution is 2.26. The van der Waals surface area contributed by atoms with Crippen molar-refractivity contribution in [2.75, 3.05) is 23.8 Å². The maximum atomic E-state index is 11.7. The second kappa shape index (κ2) is 6.02. The number of nitrogens with zero attached hydrogens (tertiary/aromatic N) is 1. The van der Waals surface area contributed by atoms with Crippen LogP contribution >= 0.6 is 11.6 Å². The summed E-state index contributed by atoms with van der Waals surface area (Å²) in [6, 6.07) is 3.42. The van der Waals surface area contributed by atoms with Gasteiger partial charge in [0.05, 0.1) is 5.69 Å². The van der Waals surface area contributed by atoms with Gasteiger partial charge in [0.2, 0.25) is 5.91 Å². The molecule has 1 amide bonds. The summed E-state index contributed by atoms with van der Waals surface area (Å²) in [4.78, 5) is 15.9. The van der Waals surface area contributed by atoms with E-state index in [2.05, 4.69) is 15.6 Å². The minimum atomic E-state index is -0.0214. The van der Waals surface area contributed by atoms with Crippen LogP contribution in [-0.2, 0) is 9.53 Å². The number of carbonyl (C=O) groups excluding carboxylic acids is 1. The molecule has 0 aromatic carbocycles. The van der Waals surface area contributed by atoms with Crippen LogP contribution in [0.15, 0.2) is 12.1 Å². The number of fused-ring (bicyclic) bond motifs is 1.